The minimum Gasteiger partial charge on any atom is -0.381 e. The number of ether oxygens (including phenoxy) is 1. The molecule has 0 amide bonds. The van der Waals surface area contributed by atoms with E-state index < -0.39 is 0 Å². The maximum atomic E-state index is 6.18. The molecule has 0 N–H and O–H groups in total. The third-order valence-electron chi connectivity index (χ3n) is 3.02. The molecule has 1 aliphatic heterocycles. The molecule has 0 unspecified atom stereocenters. The van der Waals surface area contributed by atoms with Crippen molar-refractivity contribution in [1.29, 1.82) is 0 Å². The first-order valence-electron chi connectivity index (χ1n) is 5.76. The van der Waals surface area contributed by atoms with Gasteiger partial charge in [0.05, 0.1) is 5.02 Å². The number of anilines is 1. The van der Waals surface area contributed by atoms with Gasteiger partial charge in [0.1, 0.15) is 5.82 Å². The van der Waals surface area contributed by atoms with E-state index in [1.807, 2.05) is 13.1 Å². The maximum absolute atomic E-state index is 6.18. The highest BCUT2D eigenvalue weighted by Crippen LogP contribution is 2.27. The van der Waals surface area contributed by atoms with Crippen LogP contribution in [0.4, 0.5) is 5.82 Å². The predicted molar refractivity (Wildman–Crippen MR) is 73.8 cm³/mol. The Bertz CT molecular complexity index is 383. The molecule has 0 aliphatic carbocycles. The number of pyridine rings is 1. The lowest BCUT2D eigenvalue weighted by Crippen LogP contribution is -2.30. The van der Waals surface area contributed by atoms with Gasteiger partial charge in [-0.15, -0.1) is 0 Å². The van der Waals surface area contributed by atoms with E-state index in [0.717, 1.165) is 42.9 Å². The highest BCUT2D eigenvalue weighted by Gasteiger charge is 2.17. The van der Waals surface area contributed by atoms with Crippen LogP contribution in [-0.4, -0.2) is 31.8 Å². The van der Waals surface area contributed by atoms with Crippen molar-refractivity contribution < 1.29 is 4.74 Å². The van der Waals surface area contributed by atoms with Gasteiger partial charge in [-0.1, -0.05) is 11.6 Å². The quantitative estimate of drug-likeness (QED) is 0.854. The Morgan fingerprint density at radius 3 is 2.88 bits per heavy atom. The fraction of sp³-hybridized carbons (Fsp3) is 0.583. The third-order valence-corrected chi connectivity index (χ3v) is 3.73. The van der Waals surface area contributed by atoms with E-state index >= 15 is 0 Å². The van der Waals surface area contributed by atoms with Crippen LogP contribution in [-0.2, 0) is 4.74 Å². The second-order valence-corrected chi connectivity index (χ2v) is 5.72. The molecular formula is C12H16BrClN2O. The first kappa shape index (κ1) is 13.1. The molecule has 1 aliphatic rings. The molecule has 0 radical (unpaired) electrons. The van der Waals surface area contributed by atoms with Gasteiger partial charge in [0.2, 0.25) is 0 Å². The Morgan fingerprint density at radius 1 is 1.53 bits per heavy atom. The fourth-order valence-corrected chi connectivity index (χ4v) is 2.86. The van der Waals surface area contributed by atoms with E-state index in [4.69, 9.17) is 16.3 Å². The largest absolute Gasteiger partial charge is 0.381 e. The number of nitrogens with zero attached hydrogens (tertiary/aromatic N) is 2. The minimum atomic E-state index is 0.676. The molecule has 0 atom stereocenters. The average molecular weight is 320 g/mol. The smallest absolute Gasteiger partial charge is 0.147 e. The molecule has 94 valence electrons. The van der Waals surface area contributed by atoms with Crippen molar-refractivity contribution in [2.24, 2.45) is 5.92 Å². The van der Waals surface area contributed by atoms with Gasteiger partial charge >= 0.3 is 0 Å². The topological polar surface area (TPSA) is 25.4 Å². The van der Waals surface area contributed by atoms with E-state index in [-0.39, 0.29) is 0 Å². The van der Waals surface area contributed by atoms with E-state index in [2.05, 4.69) is 25.8 Å². The molecule has 3 nitrogen and oxygen atoms in total. The lowest BCUT2D eigenvalue weighted by atomic mass is 10.00. The van der Waals surface area contributed by atoms with Crippen molar-refractivity contribution in [2.45, 2.75) is 12.8 Å². The van der Waals surface area contributed by atoms with E-state index in [1.54, 1.807) is 6.20 Å². The van der Waals surface area contributed by atoms with Gasteiger partial charge in [0.15, 0.2) is 0 Å². The molecule has 2 heterocycles. The summed E-state index contributed by atoms with van der Waals surface area (Å²) in [6.07, 6.45) is 4.03. The van der Waals surface area contributed by atoms with Gasteiger partial charge in [-0.05, 0) is 40.8 Å². The van der Waals surface area contributed by atoms with Gasteiger partial charge in [-0.3, -0.25) is 0 Å². The number of hydrogen-bond acceptors (Lipinski definition) is 3. The van der Waals surface area contributed by atoms with Crippen LogP contribution in [0.1, 0.15) is 12.8 Å². The molecular weight excluding hydrogens is 304 g/mol. The Kier molecular flexibility index (Phi) is 4.65. The first-order valence-corrected chi connectivity index (χ1v) is 6.94. The number of hydrogen-bond donors (Lipinski definition) is 0. The zero-order valence-corrected chi connectivity index (χ0v) is 12.2. The number of aromatic nitrogens is 1. The van der Waals surface area contributed by atoms with Gasteiger partial charge in [0, 0.05) is 37.5 Å². The lowest BCUT2D eigenvalue weighted by Gasteiger charge is -2.28. The second kappa shape index (κ2) is 6.03. The lowest BCUT2D eigenvalue weighted by molar-refractivity contribution is 0.0685. The van der Waals surface area contributed by atoms with Crippen molar-refractivity contribution >= 4 is 33.3 Å². The molecule has 0 saturated carbocycles. The molecule has 1 fully saturated rings. The molecule has 1 aromatic heterocycles. The van der Waals surface area contributed by atoms with Crippen LogP contribution >= 0.6 is 27.5 Å². The Morgan fingerprint density at radius 2 is 2.24 bits per heavy atom. The predicted octanol–water partition coefficient (Wildman–Crippen LogP) is 3.36. The highest BCUT2D eigenvalue weighted by atomic mass is 79.9. The summed E-state index contributed by atoms with van der Waals surface area (Å²) in [5.41, 5.74) is 0. The van der Waals surface area contributed by atoms with Crippen LogP contribution in [0.5, 0.6) is 0 Å². The summed E-state index contributed by atoms with van der Waals surface area (Å²) in [7, 11) is 2.04. The summed E-state index contributed by atoms with van der Waals surface area (Å²) in [5.74, 6) is 1.52. The molecule has 1 saturated heterocycles. The monoisotopic (exact) mass is 318 g/mol. The van der Waals surface area contributed by atoms with Gasteiger partial charge in [-0.25, -0.2) is 4.98 Å². The standard InChI is InChI=1S/C12H16BrClN2O/c1-16(8-9-2-4-17-5-3-9)12-11(14)6-10(13)7-15-12/h6-7,9H,2-5,8H2,1H3. The molecule has 0 bridgehead atoms. The van der Waals surface area contributed by atoms with Crippen molar-refractivity contribution in [3.63, 3.8) is 0 Å². The Hall–Kier alpha value is -0.320. The third kappa shape index (κ3) is 3.57. The summed E-state index contributed by atoms with van der Waals surface area (Å²) in [6.45, 7) is 2.73. The molecule has 5 heteroatoms. The molecule has 2 rings (SSSR count). The van der Waals surface area contributed by atoms with Crippen LogP contribution in [0.25, 0.3) is 0 Å². The molecule has 17 heavy (non-hydrogen) atoms. The Labute approximate surface area is 115 Å². The van der Waals surface area contributed by atoms with Crippen molar-refractivity contribution in [1.82, 2.24) is 4.98 Å². The van der Waals surface area contributed by atoms with Crippen LogP contribution in [0.2, 0.25) is 5.02 Å². The van der Waals surface area contributed by atoms with Crippen molar-refractivity contribution in [3.8, 4) is 0 Å². The van der Waals surface area contributed by atoms with E-state index in [1.165, 1.54) is 0 Å². The molecule has 1 aromatic rings. The summed E-state index contributed by atoms with van der Waals surface area (Å²) in [6, 6.07) is 1.88. The van der Waals surface area contributed by atoms with Crippen molar-refractivity contribution in [3.05, 3.63) is 21.8 Å². The van der Waals surface area contributed by atoms with Crippen molar-refractivity contribution in [2.75, 3.05) is 31.7 Å². The second-order valence-electron chi connectivity index (χ2n) is 4.40. The van der Waals surface area contributed by atoms with Gasteiger partial charge < -0.3 is 9.64 Å². The van der Waals surface area contributed by atoms with Crippen LogP contribution in [0.3, 0.4) is 0 Å². The van der Waals surface area contributed by atoms with E-state index in [0.29, 0.717) is 10.9 Å². The minimum absolute atomic E-state index is 0.676. The number of halogens is 2. The summed E-state index contributed by atoms with van der Waals surface area (Å²) < 4.78 is 6.27. The summed E-state index contributed by atoms with van der Waals surface area (Å²) in [4.78, 5) is 6.49. The maximum Gasteiger partial charge on any atom is 0.147 e. The van der Waals surface area contributed by atoms with Crippen LogP contribution in [0, 0.1) is 5.92 Å². The van der Waals surface area contributed by atoms with Gasteiger partial charge in [0.25, 0.3) is 0 Å². The SMILES string of the molecule is CN(CC1CCOCC1)c1ncc(Br)cc1Cl. The van der Waals surface area contributed by atoms with E-state index in [9.17, 15) is 0 Å². The molecule has 0 aromatic carbocycles. The average Bonchev–Trinajstić information content (AvgIpc) is 2.30. The summed E-state index contributed by atoms with van der Waals surface area (Å²) in [5, 5.41) is 0.689. The first-order chi connectivity index (χ1) is 8.16. The van der Waals surface area contributed by atoms with Gasteiger partial charge in [-0.2, -0.15) is 0 Å². The fourth-order valence-electron chi connectivity index (χ4n) is 2.09. The zero-order chi connectivity index (χ0) is 12.3. The van der Waals surface area contributed by atoms with Crippen LogP contribution in [0.15, 0.2) is 16.7 Å². The van der Waals surface area contributed by atoms with Crippen LogP contribution < -0.4 is 4.90 Å². The zero-order valence-electron chi connectivity index (χ0n) is 9.83. The summed E-state index contributed by atoms with van der Waals surface area (Å²) >= 11 is 9.55. The normalized spacial score (nSPS) is 17.1. The Balaban J connectivity index is 2.00. The highest BCUT2D eigenvalue weighted by molar-refractivity contribution is 9.10. The number of rotatable bonds is 3. The molecule has 0 spiro atoms.